The molecule has 0 aliphatic heterocycles. The smallest absolute Gasteiger partial charge is 0.0807 e. The van der Waals surface area contributed by atoms with Crippen LogP contribution >= 0.6 is 0 Å². The van der Waals surface area contributed by atoms with Gasteiger partial charge in [-0.25, -0.2) is 0 Å². The maximum atomic E-state index is 10.1. The highest BCUT2D eigenvalue weighted by atomic mass is 16.3. The van der Waals surface area contributed by atoms with E-state index in [2.05, 4.69) is 17.0 Å². The SMILES string of the molecule is CC[C@@H](O)c1ccccc1N(CCC#N)C1CC1. The lowest BCUT2D eigenvalue weighted by Crippen LogP contribution is -2.28. The summed E-state index contributed by atoms with van der Waals surface area (Å²) in [6.07, 6.45) is 3.23. The lowest BCUT2D eigenvalue weighted by molar-refractivity contribution is 0.174. The number of hydrogen-bond acceptors (Lipinski definition) is 3. The first-order chi connectivity index (χ1) is 8.77. The maximum Gasteiger partial charge on any atom is 0.0807 e. The predicted molar refractivity (Wildman–Crippen MR) is 72.3 cm³/mol. The van der Waals surface area contributed by atoms with Crippen molar-refractivity contribution in [1.29, 1.82) is 5.26 Å². The van der Waals surface area contributed by atoms with Gasteiger partial charge in [0.25, 0.3) is 0 Å². The van der Waals surface area contributed by atoms with Crippen molar-refractivity contribution in [2.24, 2.45) is 0 Å². The summed E-state index contributed by atoms with van der Waals surface area (Å²) in [7, 11) is 0. The van der Waals surface area contributed by atoms with Crippen LogP contribution in [-0.4, -0.2) is 17.7 Å². The molecule has 2 rings (SSSR count). The molecule has 0 unspecified atom stereocenters. The lowest BCUT2D eigenvalue weighted by atomic mass is 10.0. The Bertz CT molecular complexity index is 434. The second-order valence-corrected chi connectivity index (χ2v) is 4.82. The summed E-state index contributed by atoms with van der Waals surface area (Å²) < 4.78 is 0. The molecule has 0 aromatic heterocycles. The number of nitriles is 1. The molecule has 96 valence electrons. The molecule has 0 amide bonds. The number of para-hydroxylation sites is 1. The molecule has 3 nitrogen and oxygen atoms in total. The van der Waals surface area contributed by atoms with Crippen molar-refractivity contribution < 1.29 is 5.11 Å². The van der Waals surface area contributed by atoms with E-state index >= 15 is 0 Å². The molecule has 0 heterocycles. The first kappa shape index (κ1) is 12.9. The molecule has 0 radical (unpaired) electrons. The van der Waals surface area contributed by atoms with Gasteiger partial charge in [-0.3, -0.25) is 0 Å². The van der Waals surface area contributed by atoms with Gasteiger partial charge in [-0.1, -0.05) is 25.1 Å². The Hall–Kier alpha value is -1.53. The van der Waals surface area contributed by atoms with E-state index < -0.39 is 6.10 Å². The van der Waals surface area contributed by atoms with Crippen LogP contribution in [-0.2, 0) is 0 Å². The van der Waals surface area contributed by atoms with E-state index in [-0.39, 0.29) is 0 Å². The fraction of sp³-hybridized carbons (Fsp3) is 0.533. The van der Waals surface area contributed by atoms with Gasteiger partial charge in [-0.15, -0.1) is 0 Å². The molecule has 1 aliphatic carbocycles. The lowest BCUT2D eigenvalue weighted by Gasteiger charge is -2.27. The van der Waals surface area contributed by atoms with Gasteiger partial charge >= 0.3 is 0 Å². The monoisotopic (exact) mass is 244 g/mol. The predicted octanol–water partition coefficient (Wildman–Crippen LogP) is 3.01. The number of aliphatic hydroxyl groups excluding tert-OH is 1. The first-order valence-corrected chi connectivity index (χ1v) is 6.68. The van der Waals surface area contributed by atoms with Gasteiger partial charge in [0.1, 0.15) is 0 Å². The van der Waals surface area contributed by atoms with E-state index in [4.69, 9.17) is 5.26 Å². The number of aliphatic hydroxyl groups is 1. The van der Waals surface area contributed by atoms with Crippen molar-refractivity contribution in [2.45, 2.75) is 44.8 Å². The summed E-state index contributed by atoms with van der Waals surface area (Å²) in [5.41, 5.74) is 2.09. The Morgan fingerprint density at radius 3 is 2.78 bits per heavy atom. The summed E-state index contributed by atoms with van der Waals surface area (Å²) in [5, 5.41) is 18.9. The molecule has 1 aromatic carbocycles. The molecule has 3 heteroatoms. The van der Waals surface area contributed by atoms with Gasteiger partial charge in [-0.2, -0.15) is 5.26 Å². The number of nitrogens with zero attached hydrogens (tertiary/aromatic N) is 2. The molecule has 1 atom stereocenters. The van der Waals surface area contributed by atoms with Gasteiger partial charge < -0.3 is 10.0 Å². The van der Waals surface area contributed by atoms with E-state index in [9.17, 15) is 5.11 Å². The number of rotatable bonds is 6. The molecule has 0 saturated heterocycles. The van der Waals surface area contributed by atoms with Gasteiger partial charge in [0.05, 0.1) is 18.6 Å². The Labute approximate surface area is 109 Å². The molecule has 1 fully saturated rings. The van der Waals surface area contributed by atoms with E-state index in [1.54, 1.807) is 0 Å². The highest BCUT2D eigenvalue weighted by Crippen LogP contribution is 2.36. The standard InChI is InChI=1S/C15H20N2O/c1-2-15(18)13-6-3-4-7-14(13)17(11-5-10-16)12-8-9-12/h3-4,6-7,12,15,18H,2,5,8-9,11H2,1H3/t15-/m1/s1. The highest BCUT2D eigenvalue weighted by Gasteiger charge is 2.30. The zero-order valence-corrected chi connectivity index (χ0v) is 10.8. The largest absolute Gasteiger partial charge is 0.388 e. The van der Waals surface area contributed by atoms with Crippen molar-refractivity contribution >= 4 is 5.69 Å². The van der Waals surface area contributed by atoms with Gasteiger partial charge in [0, 0.05) is 23.8 Å². The van der Waals surface area contributed by atoms with Crippen LogP contribution in [0.3, 0.4) is 0 Å². The molecular formula is C15H20N2O. The summed E-state index contributed by atoms with van der Waals surface area (Å²) in [6, 6.07) is 10.8. The Kier molecular flexibility index (Phi) is 4.22. The van der Waals surface area contributed by atoms with Crippen LogP contribution in [0.25, 0.3) is 0 Å². The van der Waals surface area contributed by atoms with Crippen LogP contribution in [0.2, 0.25) is 0 Å². The van der Waals surface area contributed by atoms with Gasteiger partial charge in [-0.05, 0) is 25.3 Å². The second kappa shape index (κ2) is 5.88. The van der Waals surface area contributed by atoms with Crippen molar-refractivity contribution in [3.8, 4) is 6.07 Å². The molecule has 0 spiro atoms. The molecule has 1 aliphatic rings. The van der Waals surface area contributed by atoms with Crippen LogP contribution in [0, 0.1) is 11.3 Å². The third-order valence-electron chi connectivity index (χ3n) is 3.44. The second-order valence-electron chi connectivity index (χ2n) is 4.82. The molecule has 0 bridgehead atoms. The van der Waals surface area contributed by atoms with Crippen LogP contribution in [0.5, 0.6) is 0 Å². The van der Waals surface area contributed by atoms with Crippen LogP contribution in [0.1, 0.15) is 44.3 Å². The fourth-order valence-corrected chi connectivity index (χ4v) is 2.31. The van der Waals surface area contributed by atoms with E-state index in [1.165, 1.54) is 12.8 Å². The van der Waals surface area contributed by atoms with E-state index in [0.29, 0.717) is 18.9 Å². The van der Waals surface area contributed by atoms with Gasteiger partial charge in [0.15, 0.2) is 0 Å². The highest BCUT2D eigenvalue weighted by molar-refractivity contribution is 5.56. The zero-order chi connectivity index (χ0) is 13.0. The minimum absolute atomic E-state index is 0.412. The third kappa shape index (κ3) is 2.83. The van der Waals surface area contributed by atoms with Crippen molar-refractivity contribution in [3.05, 3.63) is 29.8 Å². The van der Waals surface area contributed by atoms with Crippen molar-refractivity contribution in [2.75, 3.05) is 11.4 Å². The number of benzene rings is 1. The molecule has 1 aromatic rings. The first-order valence-electron chi connectivity index (χ1n) is 6.68. The zero-order valence-electron chi connectivity index (χ0n) is 10.8. The third-order valence-corrected chi connectivity index (χ3v) is 3.44. The quantitative estimate of drug-likeness (QED) is 0.836. The number of hydrogen-bond donors (Lipinski definition) is 1. The molecular weight excluding hydrogens is 224 g/mol. The van der Waals surface area contributed by atoms with E-state index in [0.717, 1.165) is 17.8 Å². The summed E-state index contributed by atoms with van der Waals surface area (Å²) in [6.45, 7) is 2.74. The fourth-order valence-electron chi connectivity index (χ4n) is 2.31. The van der Waals surface area contributed by atoms with E-state index in [1.807, 2.05) is 25.1 Å². The average molecular weight is 244 g/mol. The van der Waals surface area contributed by atoms with Crippen molar-refractivity contribution in [1.82, 2.24) is 0 Å². The molecule has 1 N–H and O–H groups in total. The normalized spacial score (nSPS) is 16.1. The number of anilines is 1. The minimum atomic E-state index is -0.412. The Morgan fingerprint density at radius 1 is 1.44 bits per heavy atom. The maximum absolute atomic E-state index is 10.1. The van der Waals surface area contributed by atoms with Crippen molar-refractivity contribution in [3.63, 3.8) is 0 Å². The minimum Gasteiger partial charge on any atom is -0.388 e. The summed E-state index contributed by atoms with van der Waals surface area (Å²) in [4.78, 5) is 2.29. The molecule has 18 heavy (non-hydrogen) atoms. The van der Waals surface area contributed by atoms with Crippen LogP contribution in [0.4, 0.5) is 5.69 Å². The van der Waals surface area contributed by atoms with Crippen LogP contribution < -0.4 is 4.90 Å². The van der Waals surface area contributed by atoms with Gasteiger partial charge in [0.2, 0.25) is 0 Å². The average Bonchev–Trinajstić information content (AvgIpc) is 3.23. The summed E-state index contributed by atoms with van der Waals surface area (Å²) in [5.74, 6) is 0. The molecule has 1 saturated carbocycles. The Balaban J connectivity index is 2.26. The summed E-state index contributed by atoms with van der Waals surface area (Å²) >= 11 is 0. The van der Waals surface area contributed by atoms with Crippen LogP contribution in [0.15, 0.2) is 24.3 Å². The Morgan fingerprint density at radius 2 is 2.17 bits per heavy atom. The topological polar surface area (TPSA) is 47.3 Å².